The van der Waals surface area contributed by atoms with E-state index in [4.69, 9.17) is 15.2 Å². The number of carbonyl (C=O) groups excluding carboxylic acids is 2. The van der Waals surface area contributed by atoms with E-state index >= 15 is 0 Å². The summed E-state index contributed by atoms with van der Waals surface area (Å²) in [6.45, 7) is 3.30. The Morgan fingerprint density at radius 1 is 1.18 bits per heavy atom. The predicted octanol–water partition coefficient (Wildman–Crippen LogP) is 4.57. The van der Waals surface area contributed by atoms with Crippen molar-refractivity contribution >= 4 is 17.3 Å². The van der Waals surface area contributed by atoms with Gasteiger partial charge in [-0.05, 0) is 85.9 Å². The average molecular weight is 606 g/mol. The summed E-state index contributed by atoms with van der Waals surface area (Å²) < 4.78 is 26.8. The topological polar surface area (TPSA) is 139 Å². The molecule has 8 nitrogen and oxygen atoms in total. The number of anilines is 1. The van der Waals surface area contributed by atoms with Crippen molar-refractivity contribution in [1.29, 1.82) is 0 Å². The van der Waals surface area contributed by atoms with Crippen LogP contribution in [-0.4, -0.2) is 45.2 Å². The van der Waals surface area contributed by atoms with E-state index in [0.717, 1.165) is 23.6 Å². The fourth-order valence-corrected chi connectivity index (χ4v) is 9.08. The zero-order chi connectivity index (χ0) is 31.4. The summed E-state index contributed by atoms with van der Waals surface area (Å²) in [4.78, 5) is 25.8. The number of rotatable bonds is 8. The molecule has 2 aromatic rings. The van der Waals surface area contributed by atoms with Crippen molar-refractivity contribution in [2.24, 2.45) is 28.6 Å². The number of hydrogen-bond acceptors (Lipinski definition) is 8. The van der Waals surface area contributed by atoms with Crippen molar-refractivity contribution in [1.82, 2.24) is 0 Å². The second-order valence-electron chi connectivity index (χ2n) is 13.4. The Bertz CT molecular complexity index is 1540. The summed E-state index contributed by atoms with van der Waals surface area (Å²) in [5.74, 6) is -1.29. The average Bonchev–Trinajstić information content (AvgIpc) is 3.27. The van der Waals surface area contributed by atoms with Gasteiger partial charge in [0.1, 0.15) is 30.4 Å². The van der Waals surface area contributed by atoms with Gasteiger partial charge in [0.2, 0.25) is 0 Å². The molecule has 44 heavy (non-hydrogen) atoms. The Balaban J connectivity index is 1.28. The molecule has 3 fully saturated rings. The van der Waals surface area contributed by atoms with Crippen LogP contribution in [0.25, 0.3) is 0 Å². The van der Waals surface area contributed by atoms with Crippen LogP contribution in [0.15, 0.2) is 66.3 Å². The van der Waals surface area contributed by atoms with E-state index in [1.165, 1.54) is 12.1 Å². The minimum atomic E-state index is -1.70. The van der Waals surface area contributed by atoms with Crippen molar-refractivity contribution < 1.29 is 38.8 Å². The lowest BCUT2D eigenvalue weighted by Gasteiger charge is -2.60. The van der Waals surface area contributed by atoms with Gasteiger partial charge >= 0.3 is 0 Å². The Labute approximate surface area is 256 Å². The number of nitrogens with two attached hydrogens (primary N) is 1. The van der Waals surface area contributed by atoms with Gasteiger partial charge in [0.25, 0.3) is 0 Å². The highest BCUT2D eigenvalue weighted by atomic mass is 19.1. The van der Waals surface area contributed by atoms with Crippen molar-refractivity contribution in [3.05, 3.63) is 83.2 Å². The van der Waals surface area contributed by atoms with Crippen LogP contribution in [0.3, 0.4) is 0 Å². The maximum atomic E-state index is 14.8. The predicted molar refractivity (Wildman–Crippen MR) is 160 cm³/mol. The number of aliphatic hydroxyl groups is 3. The number of allylic oxidation sites excluding steroid dienone is 4. The number of nitrogen functional groups attached to an aromatic ring is 1. The molecule has 0 spiro atoms. The van der Waals surface area contributed by atoms with E-state index in [0.29, 0.717) is 18.5 Å². The van der Waals surface area contributed by atoms with Crippen LogP contribution < -0.4 is 10.5 Å². The molecule has 0 aromatic heterocycles. The van der Waals surface area contributed by atoms with Gasteiger partial charge in [0, 0.05) is 34.1 Å². The largest absolute Gasteiger partial charge is 0.489 e. The highest BCUT2D eigenvalue weighted by molar-refractivity contribution is 6.01. The van der Waals surface area contributed by atoms with Gasteiger partial charge in [-0.1, -0.05) is 37.6 Å². The van der Waals surface area contributed by atoms with E-state index in [1.807, 2.05) is 19.1 Å². The molecule has 0 saturated heterocycles. The SMILES string of the molecule is C[C@]12C=CC(=O)C=C1CC[C@@H]1C2[C@@H](O)C[C@@]2(C)C1CC[C@]2(O[C@H](O)c1cc(F)cc(OCc2cccc(N)c2)c1)C(=O)CO. The van der Waals surface area contributed by atoms with Gasteiger partial charge in [-0.2, -0.15) is 0 Å². The van der Waals surface area contributed by atoms with Gasteiger partial charge in [0.15, 0.2) is 17.9 Å². The molecule has 5 N–H and O–H groups in total. The van der Waals surface area contributed by atoms with Crippen molar-refractivity contribution in [2.45, 2.75) is 70.6 Å². The number of carbonyl (C=O) groups is 2. The molecule has 3 saturated carbocycles. The third-order valence-electron chi connectivity index (χ3n) is 11.1. The van der Waals surface area contributed by atoms with Crippen molar-refractivity contribution in [2.75, 3.05) is 12.3 Å². The number of Topliss-reactive ketones (excluding diaryl/α,β-unsaturated/α-hetero) is 1. The number of halogens is 1. The number of ketones is 2. The first-order chi connectivity index (χ1) is 20.9. The maximum absolute atomic E-state index is 14.8. The van der Waals surface area contributed by atoms with E-state index in [2.05, 4.69) is 6.92 Å². The number of hydrogen-bond donors (Lipinski definition) is 4. The third-order valence-corrected chi connectivity index (χ3v) is 11.1. The second-order valence-corrected chi connectivity index (χ2v) is 13.4. The Morgan fingerprint density at radius 2 is 1.98 bits per heavy atom. The molecule has 0 aliphatic heterocycles. The van der Waals surface area contributed by atoms with Gasteiger partial charge in [-0.25, -0.2) is 4.39 Å². The molecule has 2 aromatic carbocycles. The molecule has 2 unspecified atom stereocenters. The highest BCUT2D eigenvalue weighted by Gasteiger charge is 2.69. The zero-order valence-electron chi connectivity index (χ0n) is 25.0. The summed E-state index contributed by atoms with van der Waals surface area (Å²) in [6, 6.07) is 10.9. The number of aliphatic hydroxyl groups excluding tert-OH is 3. The van der Waals surface area contributed by atoms with E-state index in [1.54, 1.807) is 30.4 Å². The third kappa shape index (κ3) is 4.90. The van der Waals surface area contributed by atoms with Crippen LogP contribution >= 0.6 is 0 Å². The zero-order valence-corrected chi connectivity index (χ0v) is 25.0. The van der Waals surface area contributed by atoms with Crippen LogP contribution in [0.1, 0.15) is 63.4 Å². The molecule has 4 aliphatic carbocycles. The molecule has 234 valence electrons. The minimum absolute atomic E-state index is 0.0269. The second kappa shape index (κ2) is 11.2. The van der Waals surface area contributed by atoms with Gasteiger partial charge in [-0.15, -0.1) is 0 Å². The lowest BCUT2D eigenvalue weighted by Crippen LogP contribution is -2.62. The van der Waals surface area contributed by atoms with Gasteiger partial charge < -0.3 is 30.5 Å². The van der Waals surface area contributed by atoms with Crippen LogP contribution in [0, 0.1) is 34.4 Å². The molecule has 0 bridgehead atoms. The van der Waals surface area contributed by atoms with Gasteiger partial charge in [-0.3, -0.25) is 9.59 Å². The highest BCUT2D eigenvalue weighted by Crippen LogP contribution is 2.68. The molecule has 8 atom stereocenters. The normalized spacial score (nSPS) is 34.9. The summed E-state index contributed by atoms with van der Waals surface area (Å²) >= 11 is 0. The summed E-state index contributed by atoms with van der Waals surface area (Å²) in [5, 5.41) is 33.3. The van der Waals surface area contributed by atoms with Crippen LogP contribution in [-0.2, 0) is 20.9 Å². The van der Waals surface area contributed by atoms with Crippen LogP contribution in [0.5, 0.6) is 5.75 Å². The Kier molecular flexibility index (Phi) is 7.81. The number of benzene rings is 2. The molecular formula is C35H40FNO7. The fraction of sp³-hybridized carbons (Fsp3) is 0.486. The molecule has 9 heteroatoms. The maximum Gasteiger partial charge on any atom is 0.190 e. The first-order valence-electron chi connectivity index (χ1n) is 15.3. The molecular weight excluding hydrogens is 565 g/mol. The first kappa shape index (κ1) is 30.6. The van der Waals surface area contributed by atoms with Crippen LogP contribution in [0.2, 0.25) is 0 Å². The molecule has 0 heterocycles. The van der Waals surface area contributed by atoms with E-state index < -0.39 is 47.0 Å². The first-order valence-corrected chi connectivity index (χ1v) is 15.3. The number of fused-ring (bicyclic) bond motifs is 5. The summed E-state index contributed by atoms with van der Waals surface area (Å²) in [6.07, 6.45) is 5.16. The van der Waals surface area contributed by atoms with E-state index in [9.17, 15) is 29.3 Å². The lowest BCUT2D eigenvalue weighted by molar-refractivity contribution is -0.243. The molecule has 0 radical (unpaired) electrons. The monoisotopic (exact) mass is 605 g/mol. The summed E-state index contributed by atoms with van der Waals surface area (Å²) in [7, 11) is 0. The van der Waals surface area contributed by atoms with Gasteiger partial charge in [0.05, 0.1) is 6.10 Å². The van der Waals surface area contributed by atoms with Crippen LogP contribution in [0.4, 0.5) is 10.1 Å². The molecule has 4 aliphatic rings. The standard InChI is InChI=1S/C35H40FNO7/c1-33-10-8-25(39)15-22(33)6-7-27-28-9-11-35(30(41)18-38,34(28,2)17-29(40)31(27)33)44-32(42)21-13-23(36)16-26(14-21)43-19-20-4-3-5-24(37)12-20/h3-5,8,10,12-16,27-29,31-32,38,40,42H,6-7,9,11,17-19,37H2,1-2H3/t27-,28?,29-,31?,32-,33-,34-,35-/m0/s1. The quantitative estimate of drug-likeness (QED) is 0.254. The van der Waals surface area contributed by atoms with E-state index in [-0.39, 0.29) is 54.3 Å². The molecule has 0 amide bonds. The van der Waals surface area contributed by atoms with Crippen molar-refractivity contribution in [3.63, 3.8) is 0 Å². The summed E-state index contributed by atoms with van der Waals surface area (Å²) in [5.41, 5.74) is 5.28. The Hall–Kier alpha value is -3.37. The fourth-order valence-electron chi connectivity index (χ4n) is 9.08. The lowest BCUT2D eigenvalue weighted by atomic mass is 9.46. The number of ether oxygens (including phenoxy) is 2. The molecule has 6 rings (SSSR count). The van der Waals surface area contributed by atoms with Crippen molar-refractivity contribution in [3.8, 4) is 5.75 Å². The Morgan fingerprint density at radius 3 is 2.73 bits per heavy atom. The smallest absolute Gasteiger partial charge is 0.190 e. The minimum Gasteiger partial charge on any atom is -0.489 e.